The molecule has 1 aliphatic heterocycles. The molecule has 26 heavy (non-hydrogen) atoms. The summed E-state index contributed by atoms with van der Waals surface area (Å²) in [5, 5.41) is 0. The Bertz CT molecular complexity index is 486. The number of rotatable bonds is 5. The van der Waals surface area contributed by atoms with E-state index in [1.54, 1.807) is 28.2 Å². The van der Waals surface area contributed by atoms with E-state index in [2.05, 4.69) is 20.8 Å². The topological polar surface area (TPSA) is 68.3 Å². The fourth-order valence-electron chi connectivity index (χ4n) is 3.58. The summed E-state index contributed by atoms with van der Waals surface area (Å²) in [6, 6.07) is 0. The van der Waals surface area contributed by atoms with Crippen molar-refractivity contribution in [2.24, 2.45) is 17.8 Å². The minimum Gasteiger partial charge on any atom is -0.346 e. The van der Waals surface area contributed by atoms with Gasteiger partial charge in [-0.15, -0.1) is 0 Å². The summed E-state index contributed by atoms with van der Waals surface area (Å²) >= 11 is 0. The number of hydrogen-bond acceptors (Lipinski definition) is 5. The highest BCUT2D eigenvalue weighted by molar-refractivity contribution is 7.42. The Balaban J connectivity index is 2.12. The van der Waals surface area contributed by atoms with E-state index in [9.17, 15) is 9.59 Å². The zero-order valence-electron chi connectivity index (χ0n) is 17.0. The van der Waals surface area contributed by atoms with Gasteiger partial charge in [0.05, 0.1) is 6.10 Å². The molecule has 0 unspecified atom stereocenters. The molecule has 0 spiro atoms. The van der Waals surface area contributed by atoms with Crippen LogP contribution < -0.4 is 0 Å². The largest absolute Gasteiger partial charge is 0.346 e. The number of carbonyl (C=O) groups excluding carboxylic acids is 2. The van der Waals surface area contributed by atoms with Crippen molar-refractivity contribution in [1.82, 2.24) is 9.80 Å². The molecule has 1 saturated carbocycles. The van der Waals surface area contributed by atoms with E-state index >= 15 is 0 Å². The lowest BCUT2D eigenvalue weighted by atomic mass is 9.75. The van der Waals surface area contributed by atoms with Crippen molar-refractivity contribution in [2.75, 3.05) is 28.2 Å². The van der Waals surface area contributed by atoms with Crippen LogP contribution in [0.2, 0.25) is 0 Å². The van der Waals surface area contributed by atoms with Crippen molar-refractivity contribution < 1.29 is 23.2 Å². The lowest BCUT2D eigenvalue weighted by Gasteiger charge is -2.37. The van der Waals surface area contributed by atoms with Crippen molar-refractivity contribution >= 4 is 20.4 Å². The Kier molecular flexibility index (Phi) is 7.43. The second kappa shape index (κ2) is 8.96. The lowest BCUT2D eigenvalue weighted by Crippen LogP contribution is -2.47. The van der Waals surface area contributed by atoms with Gasteiger partial charge in [0.2, 0.25) is 0 Å². The SMILES string of the molecule is CC(C)[C@@H]1CC[C@@H](C)C[C@H]1OP1O[C@@H](C(=O)N(C)C)[C@H](C(=O)N(C)C)O1. The molecular formula is C18H33N2O5P. The smallest absolute Gasteiger partial charge is 0.334 e. The van der Waals surface area contributed by atoms with E-state index in [1.807, 2.05) is 0 Å². The first kappa shape index (κ1) is 21.5. The van der Waals surface area contributed by atoms with Crippen molar-refractivity contribution in [2.45, 2.75) is 58.3 Å². The molecule has 5 atom stereocenters. The van der Waals surface area contributed by atoms with Crippen LogP contribution >= 0.6 is 8.60 Å². The fraction of sp³-hybridized carbons (Fsp3) is 0.889. The summed E-state index contributed by atoms with van der Waals surface area (Å²) < 4.78 is 17.8. The molecule has 0 aromatic heterocycles. The zero-order chi connectivity index (χ0) is 19.6. The van der Waals surface area contributed by atoms with Gasteiger partial charge in [-0.25, -0.2) is 0 Å². The van der Waals surface area contributed by atoms with Gasteiger partial charge in [-0.3, -0.25) is 18.6 Å². The molecule has 2 amide bonds. The Morgan fingerprint density at radius 1 is 1.00 bits per heavy atom. The first-order valence-corrected chi connectivity index (χ1v) is 10.4. The molecule has 8 heteroatoms. The van der Waals surface area contributed by atoms with Gasteiger partial charge < -0.3 is 14.3 Å². The van der Waals surface area contributed by atoms with Crippen LogP contribution in [0.1, 0.15) is 40.0 Å². The monoisotopic (exact) mass is 388 g/mol. The Morgan fingerprint density at radius 2 is 1.50 bits per heavy atom. The summed E-state index contributed by atoms with van der Waals surface area (Å²) in [6.07, 6.45) is 1.40. The normalized spacial score (nSPS) is 32.7. The maximum atomic E-state index is 12.4. The molecule has 0 N–H and O–H groups in total. The van der Waals surface area contributed by atoms with Crippen LogP contribution in [0.5, 0.6) is 0 Å². The predicted molar refractivity (Wildman–Crippen MR) is 100 cm³/mol. The van der Waals surface area contributed by atoms with Crippen LogP contribution in [0, 0.1) is 17.8 Å². The molecule has 1 saturated heterocycles. The molecule has 2 aliphatic rings. The number of nitrogens with zero attached hydrogens (tertiary/aromatic N) is 2. The number of likely N-dealkylation sites (N-methyl/N-ethyl adjacent to an activating group) is 2. The molecule has 1 heterocycles. The molecule has 0 aromatic carbocycles. The lowest BCUT2D eigenvalue weighted by molar-refractivity contribution is -0.146. The third-order valence-corrected chi connectivity index (χ3v) is 6.47. The highest BCUT2D eigenvalue weighted by atomic mass is 31.2. The average molecular weight is 388 g/mol. The van der Waals surface area contributed by atoms with Gasteiger partial charge in [0.25, 0.3) is 11.8 Å². The first-order valence-electron chi connectivity index (χ1n) is 9.34. The highest BCUT2D eigenvalue weighted by Crippen LogP contribution is 2.53. The number of carbonyl (C=O) groups is 2. The molecule has 7 nitrogen and oxygen atoms in total. The minimum atomic E-state index is -1.73. The molecule has 1 aliphatic carbocycles. The highest BCUT2D eigenvalue weighted by Gasteiger charge is 2.49. The standard InChI is InChI=1S/C18H33N2O5P/c1-11(2)13-9-8-12(3)10-14(13)23-26-24-15(17(21)19(4)5)16(25-26)18(22)20(6)7/h11-16H,8-10H2,1-7H3/t12-,13+,14-,15-,16-/m1/s1. The predicted octanol–water partition coefficient (Wildman–Crippen LogP) is 2.65. The van der Waals surface area contributed by atoms with Gasteiger partial charge in [0.15, 0.2) is 12.2 Å². The van der Waals surface area contributed by atoms with Crippen LogP contribution in [-0.4, -0.2) is 68.1 Å². The van der Waals surface area contributed by atoms with E-state index in [1.165, 1.54) is 16.2 Å². The molecule has 0 radical (unpaired) electrons. The van der Waals surface area contributed by atoms with Crippen molar-refractivity contribution in [3.8, 4) is 0 Å². The van der Waals surface area contributed by atoms with Crippen molar-refractivity contribution in [3.63, 3.8) is 0 Å². The minimum absolute atomic E-state index is 0.0353. The summed E-state index contributed by atoms with van der Waals surface area (Å²) in [4.78, 5) is 27.7. The molecular weight excluding hydrogens is 355 g/mol. The van der Waals surface area contributed by atoms with E-state index in [0.29, 0.717) is 17.8 Å². The maximum Gasteiger partial charge on any atom is 0.334 e. The van der Waals surface area contributed by atoms with E-state index in [0.717, 1.165) is 12.8 Å². The third kappa shape index (κ3) is 4.94. The molecule has 0 bridgehead atoms. The summed E-state index contributed by atoms with van der Waals surface area (Å²) in [5.74, 6) is 0.967. The van der Waals surface area contributed by atoms with Crippen LogP contribution in [0.25, 0.3) is 0 Å². The fourth-order valence-corrected chi connectivity index (χ4v) is 4.96. The Morgan fingerprint density at radius 3 is 1.92 bits per heavy atom. The van der Waals surface area contributed by atoms with Gasteiger partial charge in [0, 0.05) is 28.2 Å². The summed E-state index contributed by atoms with van der Waals surface area (Å²) in [5.41, 5.74) is 0. The van der Waals surface area contributed by atoms with Crippen LogP contribution in [-0.2, 0) is 23.2 Å². The van der Waals surface area contributed by atoms with Gasteiger partial charge in [-0.05, 0) is 30.6 Å². The summed E-state index contributed by atoms with van der Waals surface area (Å²) in [6.45, 7) is 6.64. The van der Waals surface area contributed by atoms with Gasteiger partial charge in [-0.1, -0.05) is 27.2 Å². The first-order chi connectivity index (χ1) is 12.1. The van der Waals surface area contributed by atoms with Crippen LogP contribution in [0.15, 0.2) is 0 Å². The molecule has 0 aromatic rings. The summed E-state index contributed by atoms with van der Waals surface area (Å²) in [7, 11) is 4.84. The molecule has 2 fully saturated rings. The second-order valence-corrected chi connectivity index (χ2v) is 9.29. The zero-order valence-corrected chi connectivity index (χ0v) is 17.9. The van der Waals surface area contributed by atoms with Crippen molar-refractivity contribution in [3.05, 3.63) is 0 Å². The van der Waals surface area contributed by atoms with E-state index in [-0.39, 0.29) is 17.9 Å². The van der Waals surface area contributed by atoms with Gasteiger partial charge in [0.1, 0.15) is 0 Å². The molecule has 2 rings (SSSR count). The second-order valence-electron chi connectivity index (χ2n) is 8.21. The number of amides is 2. The Hall–Kier alpha value is -0.750. The van der Waals surface area contributed by atoms with Crippen LogP contribution in [0.3, 0.4) is 0 Å². The third-order valence-electron chi connectivity index (χ3n) is 5.23. The van der Waals surface area contributed by atoms with Crippen molar-refractivity contribution in [1.29, 1.82) is 0 Å². The number of hydrogen-bond donors (Lipinski definition) is 0. The average Bonchev–Trinajstić information content (AvgIpc) is 2.96. The van der Waals surface area contributed by atoms with Gasteiger partial charge >= 0.3 is 8.60 Å². The van der Waals surface area contributed by atoms with Crippen LogP contribution in [0.4, 0.5) is 0 Å². The van der Waals surface area contributed by atoms with E-state index in [4.69, 9.17) is 13.6 Å². The van der Waals surface area contributed by atoms with Gasteiger partial charge in [-0.2, -0.15) is 0 Å². The quantitative estimate of drug-likeness (QED) is 0.678. The molecule has 150 valence electrons. The van der Waals surface area contributed by atoms with E-state index < -0.39 is 20.8 Å². The maximum absolute atomic E-state index is 12.4. The Labute approximate surface area is 158 Å².